The highest BCUT2D eigenvalue weighted by molar-refractivity contribution is 9.10. The van der Waals surface area contributed by atoms with Crippen molar-refractivity contribution in [1.29, 1.82) is 0 Å². The van der Waals surface area contributed by atoms with E-state index in [0.29, 0.717) is 4.67 Å². The van der Waals surface area contributed by atoms with Crippen LogP contribution in [0.1, 0.15) is 0 Å². The van der Waals surface area contributed by atoms with Crippen LogP contribution in [-0.4, -0.2) is 9.78 Å². The molecule has 0 N–H and O–H groups in total. The van der Waals surface area contributed by atoms with Gasteiger partial charge in [-0.2, -0.15) is 5.10 Å². The molecular formula is C13H8Br2N2O. The second-order valence-corrected chi connectivity index (χ2v) is 5.33. The number of furan rings is 1. The predicted octanol–water partition coefficient (Wildman–Crippen LogP) is 4.66. The third-order valence-electron chi connectivity index (χ3n) is 2.53. The summed E-state index contributed by atoms with van der Waals surface area (Å²) in [5, 5.41) is 4.37. The van der Waals surface area contributed by atoms with Gasteiger partial charge < -0.3 is 4.42 Å². The van der Waals surface area contributed by atoms with Crippen molar-refractivity contribution in [3.63, 3.8) is 0 Å². The maximum Gasteiger partial charge on any atom is 0.169 e. The Morgan fingerprint density at radius 1 is 1.00 bits per heavy atom. The van der Waals surface area contributed by atoms with Gasteiger partial charge in [-0.1, -0.05) is 18.2 Å². The molecule has 0 atom stereocenters. The fourth-order valence-electron chi connectivity index (χ4n) is 1.76. The Labute approximate surface area is 121 Å². The Hall–Kier alpha value is -1.33. The Kier molecular flexibility index (Phi) is 3.09. The Bertz CT molecular complexity index is 673. The normalized spacial score (nSPS) is 10.8. The molecule has 0 unspecified atom stereocenters. The highest BCUT2D eigenvalue weighted by atomic mass is 79.9. The number of halogens is 2. The van der Waals surface area contributed by atoms with Crippen LogP contribution in [0, 0.1) is 0 Å². The van der Waals surface area contributed by atoms with Gasteiger partial charge in [-0.25, -0.2) is 4.68 Å². The number of aromatic nitrogens is 2. The zero-order chi connectivity index (χ0) is 12.5. The van der Waals surface area contributed by atoms with Gasteiger partial charge in [0.2, 0.25) is 0 Å². The highest BCUT2D eigenvalue weighted by Gasteiger charge is 2.15. The van der Waals surface area contributed by atoms with Gasteiger partial charge in [-0.15, -0.1) is 0 Å². The third kappa shape index (κ3) is 2.04. The van der Waals surface area contributed by atoms with E-state index in [2.05, 4.69) is 37.0 Å². The molecule has 3 nitrogen and oxygen atoms in total. The van der Waals surface area contributed by atoms with E-state index < -0.39 is 0 Å². The second kappa shape index (κ2) is 4.74. The first-order chi connectivity index (χ1) is 8.75. The van der Waals surface area contributed by atoms with E-state index in [1.807, 2.05) is 47.1 Å². The molecule has 0 bridgehead atoms. The maximum absolute atomic E-state index is 5.60. The monoisotopic (exact) mass is 366 g/mol. The molecule has 0 aliphatic rings. The summed E-state index contributed by atoms with van der Waals surface area (Å²) < 4.78 is 9.04. The summed E-state index contributed by atoms with van der Waals surface area (Å²) in [6.45, 7) is 0. The van der Waals surface area contributed by atoms with Gasteiger partial charge in [-0.3, -0.25) is 0 Å². The van der Waals surface area contributed by atoms with E-state index >= 15 is 0 Å². The van der Waals surface area contributed by atoms with Gasteiger partial charge in [0, 0.05) is 0 Å². The van der Waals surface area contributed by atoms with Crippen LogP contribution in [0.3, 0.4) is 0 Å². The van der Waals surface area contributed by atoms with Gasteiger partial charge in [0.05, 0.1) is 16.4 Å². The molecule has 90 valence electrons. The lowest BCUT2D eigenvalue weighted by atomic mass is 10.3. The molecule has 3 rings (SSSR count). The topological polar surface area (TPSA) is 31.0 Å². The van der Waals surface area contributed by atoms with E-state index in [9.17, 15) is 0 Å². The molecule has 0 spiro atoms. The average molecular weight is 368 g/mol. The first-order valence-electron chi connectivity index (χ1n) is 5.30. The summed E-state index contributed by atoms with van der Waals surface area (Å²) in [6.07, 6.45) is 1.76. The van der Waals surface area contributed by atoms with Gasteiger partial charge in [0.25, 0.3) is 0 Å². The van der Waals surface area contributed by atoms with Crippen molar-refractivity contribution in [3.8, 4) is 17.1 Å². The van der Waals surface area contributed by atoms with Crippen molar-refractivity contribution in [2.24, 2.45) is 0 Å². The number of benzene rings is 1. The number of nitrogens with zero attached hydrogens (tertiary/aromatic N) is 2. The van der Waals surface area contributed by atoms with Gasteiger partial charge in [-0.05, 0) is 56.1 Å². The lowest BCUT2D eigenvalue weighted by Crippen LogP contribution is -1.97. The summed E-state index contributed by atoms with van der Waals surface area (Å²) in [6, 6.07) is 13.7. The Morgan fingerprint density at radius 3 is 2.44 bits per heavy atom. The maximum atomic E-state index is 5.60. The zero-order valence-electron chi connectivity index (χ0n) is 9.18. The van der Waals surface area contributed by atoms with Crippen LogP contribution in [-0.2, 0) is 0 Å². The van der Waals surface area contributed by atoms with Crippen molar-refractivity contribution in [3.05, 3.63) is 57.8 Å². The molecule has 0 radical (unpaired) electrons. The largest absolute Gasteiger partial charge is 0.448 e. The number of para-hydroxylation sites is 1. The average Bonchev–Trinajstić information content (AvgIpc) is 2.96. The van der Waals surface area contributed by atoms with E-state index in [0.717, 1.165) is 21.6 Å². The minimum Gasteiger partial charge on any atom is -0.448 e. The second-order valence-electron chi connectivity index (χ2n) is 3.69. The lowest BCUT2D eigenvalue weighted by Gasteiger charge is -2.05. The molecule has 0 saturated carbocycles. The molecule has 5 heteroatoms. The first-order valence-corrected chi connectivity index (χ1v) is 6.89. The quantitative estimate of drug-likeness (QED) is 0.659. The fourth-order valence-corrected chi connectivity index (χ4v) is 2.52. The summed E-state index contributed by atoms with van der Waals surface area (Å²) in [7, 11) is 0. The van der Waals surface area contributed by atoms with E-state index in [1.54, 1.807) is 6.20 Å². The minimum atomic E-state index is 0.699. The van der Waals surface area contributed by atoms with Crippen LogP contribution in [0.15, 0.2) is 62.2 Å². The number of hydrogen-bond acceptors (Lipinski definition) is 2. The smallest absolute Gasteiger partial charge is 0.169 e. The van der Waals surface area contributed by atoms with Crippen LogP contribution >= 0.6 is 31.9 Å². The summed E-state index contributed by atoms with van der Waals surface area (Å²) in [5.74, 6) is 0.759. The van der Waals surface area contributed by atoms with E-state index in [-0.39, 0.29) is 0 Å². The summed E-state index contributed by atoms with van der Waals surface area (Å²) in [5.41, 5.74) is 1.89. The van der Waals surface area contributed by atoms with Gasteiger partial charge in [0.1, 0.15) is 5.69 Å². The fraction of sp³-hybridized carbons (Fsp3) is 0. The molecule has 0 aliphatic carbocycles. The van der Waals surface area contributed by atoms with E-state index in [1.165, 1.54) is 0 Å². The lowest BCUT2D eigenvalue weighted by molar-refractivity contribution is 0.551. The first kappa shape index (κ1) is 11.7. The molecule has 1 aromatic carbocycles. The zero-order valence-corrected chi connectivity index (χ0v) is 12.3. The van der Waals surface area contributed by atoms with Crippen LogP contribution in [0.4, 0.5) is 0 Å². The molecular weight excluding hydrogens is 360 g/mol. The van der Waals surface area contributed by atoms with Crippen molar-refractivity contribution >= 4 is 31.9 Å². The van der Waals surface area contributed by atoms with Crippen LogP contribution < -0.4 is 0 Å². The number of rotatable bonds is 2. The van der Waals surface area contributed by atoms with Crippen LogP contribution in [0.5, 0.6) is 0 Å². The SMILES string of the molecule is Brc1ccc(-c2c(Br)cnn2-c2ccccc2)o1. The number of hydrogen-bond donors (Lipinski definition) is 0. The molecule has 0 fully saturated rings. The standard InChI is InChI=1S/C13H8Br2N2O/c14-10-8-16-17(9-4-2-1-3-5-9)13(10)11-6-7-12(15)18-11/h1-8H. The molecule has 0 saturated heterocycles. The van der Waals surface area contributed by atoms with Crippen LogP contribution in [0.25, 0.3) is 17.1 Å². The Balaban J connectivity index is 2.18. The molecule has 0 aliphatic heterocycles. The van der Waals surface area contributed by atoms with Crippen molar-refractivity contribution in [2.75, 3.05) is 0 Å². The molecule has 3 aromatic rings. The molecule has 2 heterocycles. The third-order valence-corrected chi connectivity index (χ3v) is 3.54. The van der Waals surface area contributed by atoms with Crippen molar-refractivity contribution < 1.29 is 4.42 Å². The minimum absolute atomic E-state index is 0.699. The van der Waals surface area contributed by atoms with Gasteiger partial charge in [0.15, 0.2) is 10.4 Å². The van der Waals surface area contributed by atoms with E-state index in [4.69, 9.17) is 4.42 Å². The molecule has 2 aromatic heterocycles. The van der Waals surface area contributed by atoms with Crippen molar-refractivity contribution in [1.82, 2.24) is 9.78 Å². The molecule has 18 heavy (non-hydrogen) atoms. The molecule has 0 amide bonds. The highest BCUT2D eigenvalue weighted by Crippen LogP contribution is 2.32. The summed E-state index contributed by atoms with van der Waals surface area (Å²) >= 11 is 6.81. The Morgan fingerprint density at radius 2 is 1.78 bits per heavy atom. The van der Waals surface area contributed by atoms with Crippen molar-refractivity contribution in [2.45, 2.75) is 0 Å². The predicted molar refractivity (Wildman–Crippen MR) is 76.7 cm³/mol. The van der Waals surface area contributed by atoms with Gasteiger partial charge >= 0.3 is 0 Å². The van der Waals surface area contributed by atoms with Crippen LogP contribution in [0.2, 0.25) is 0 Å². The summed E-state index contributed by atoms with van der Waals surface area (Å²) in [4.78, 5) is 0.